The van der Waals surface area contributed by atoms with Crippen molar-refractivity contribution in [2.75, 3.05) is 26.5 Å². The van der Waals surface area contributed by atoms with E-state index in [2.05, 4.69) is 45.0 Å². The van der Waals surface area contributed by atoms with E-state index < -0.39 is 0 Å². The first-order valence-electron chi connectivity index (χ1n) is 7.70. The molecule has 0 unspecified atom stereocenters. The number of ether oxygens (including phenoxy) is 1. The summed E-state index contributed by atoms with van der Waals surface area (Å²) in [5, 5.41) is 13.9. The Morgan fingerprint density at radius 3 is 2.30 bits per heavy atom. The molecule has 1 aliphatic rings. The molecule has 0 aliphatic carbocycles. The first-order chi connectivity index (χ1) is 9.33. The van der Waals surface area contributed by atoms with Crippen LogP contribution in [0.3, 0.4) is 0 Å². The standard InChI is InChI=1S/C15H32N2O3/c1-6-9-19-13-10-14(2,3)17(15(4,5)11-13)20-12-16-7-8-18/h13,16,18H,6-12H2,1-5H3. The van der Waals surface area contributed by atoms with E-state index in [0.717, 1.165) is 25.9 Å². The lowest BCUT2D eigenvalue weighted by molar-refractivity contribution is -0.297. The Morgan fingerprint density at radius 1 is 1.20 bits per heavy atom. The lowest BCUT2D eigenvalue weighted by atomic mass is 9.80. The zero-order valence-corrected chi connectivity index (χ0v) is 13.7. The van der Waals surface area contributed by atoms with Crippen LogP contribution in [0.1, 0.15) is 53.9 Å². The van der Waals surface area contributed by atoms with Crippen LogP contribution in [-0.2, 0) is 9.57 Å². The van der Waals surface area contributed by atoms with E-state index in [0.29, 0.717) is 19.4 Å². The summed E-state index contributed by atoms with van der Waals surface area (Å²) in [5.74, 6) is 0. The zero-order valence-electron chi connectivity index (χ0n) is 13.7. The highest BCUT2D eigenvalue weighted by atomic mass is 16.7. The second kappa shape index (κ2) is 7.71. The van der Waals surface area contributed by atoms with Crippen molar-refractivity contribution in [1.82, 2.24) is 10.4 Å². The maximum Gasteiger partial charge on any atom is 0.119 e. The number of rotatable bonds is 8. The van der Waals surface area contributed by atoms with E-state index in [-0.39, 0.29) is 17.7 Å². The fourth-order valence-electron chi connectivity index (χ4n) is 3.18. The van der Waals surface area contributed by atoms with Gasteiger partial charge < -0.3 is 9.84 Å². The summed E-state index contributed by atoms with van der Waals surface area (Å²) < 4.78 is 5.96. The van der Waals surface area contributed by atoms with E-state index in [9.17, 15) is 0 Å². The van der Waals surface area contributed by atoms with Gasteiger partial charge in [-0.3, -0.25) is 10.2 Å². The van der Waals surface area contributed by atoms with Crippen molar-refractivity contribution in [2.24, 2.45) is 0 Å². The largest absolute Gasteiger partial charge is 0.395 e. The van der Waals surface area contributed by atoms with Gasteiger partial charge in [0, 0.05) is 24.2 Å². The molecule has 0 atom stereocenters. The second-order valence-corrected chi connectivity index (χ2v) is 6.82. The third kappa shape index (κ3) is 4.97. The zero-order chi connectivity index (χ0) is 15.2. The summed E-state index contributed by atoms with van der Waals surface area (Å²) in [4.78, 5) is 5.92. The van der Waals surface area contributed by atoms with Gasteiger partial charge in [-0.25, -0.2) is 0 Å². The number of nitrogens with zero attached hydrogens (tertiary/aromatic N) is 1. The highest BCUT2D eigenvalue weighted by molar-refractivity contribution is 4.97. The van der Waals surface area contributed by atoms with Gasteiger partial charge in [0.05, 0.1) is 12.7 Å². The number of hydrogen-bond acceptors (Lipinski definition) is 5. The molecule has 1 fully saturated rings. The van der Waals surface area contributed by atoms with Crippen LogP contribution in [0.15, 0.2) is 0 Å². The van der Waals surface area contributed by atoms with Crippen LogP contribution in [-0.4, -0.2) is 53.8 Å². The summed E-state index contributed by atoms with van der Waals surface area (Å²) in [6, 6.07) is 0. The van der Waals surface area contributed by atoms with Crippen molar-refractivity contribution >= 4 is 0 Å². The fourth-order valence-corrected chi connectivity index (χ4v) is 3.18. The first-order valence-corrected chi connectivity index (χ1v) is 7.70. The van der Waals surface area contributed by atoms with Crippen LogP contribution in [0, 0.1) is 0 Å². The van der Waals surface area contributed by atoms with Crippen LogP contribution in [0.5, 0.6) is 0 Å². The van der Waals surface area contributed by atoms with Gasteiger partial charge >= 0.3 is 0 Å². The molecular formula is C15H32N2O3. The van der Waals surface area contributed by atoms with Gasteiger partial charge in [0.1, 0.15) is 6.73 Å². The van der Waals surface area contributed by atoms with Gasteiger partial charge in [-0.15, -0.1) is 0 Å². The summed E-state index contributed by atoms with van der Waals surface area (Å²) in [6.07, 6.45) is 3.29. The highest BCUT2D eigenvalue weighted by Crippen LogP contribution is 2.39. The SMILES string of the molecule is CCCOC1CC(C)(C)N(OCNCCO)C(C)(C)C1. The molecule has 1 rings (SSSR count). The molecule has 120 valence electrons. The third-order valence-electron chi connectivity index (χ3n) is 3.70. The van der Waals surface area contributed by atoms with Gasteiger partial charge in [0.25, 0.3) is 0 Å². The molecule has 5 heteroatoms. The van der Waals surface area contributed by atoms with Crippen molar-refractivity contribution in [3.8, 4) is 0 Å². The lowest BCUT2D eigenvalue weighted by Gasteiger charge is -2.53. The molecule has 20 heavy (non-hydrogen) atoms. The molecule has 2 N–H and O–H groups in total. The van der Waals surface area contributed by atoms with E-state index >= 15 is 0 Å². The van der Waals surface area contributed by atoms with Gasteiger partial charge in [0.15, 0.2) is 0 Å². The topological polar surface area (TPSA) is 54.0 Å². The van der Waals surface area contributed by atoms with Crippen LogP contribution < -0.4 is 5.32 Å². The molecular weight excluding hydrogens is 256 g/mol. The summed E-state index contributed by atoms with van der Waals surface area (Å²) in [6.45, 7) is 12.9. The highest BCUT2D eigenvalue weighted by Gasteiger charge is 2.46. The fraction of sp³-hybridized carbons (Fsp3) is 1.00. The monoisotopic (exact) mass is 288 g/mol. The number of hydroxylamine groups is 2. The van der Waals surface area contributed by atoms with Crippen molar-refractivity contribution in [3.63, 3.8) is 0 Å². The smallest absolute Gasteiger partial charge is 0.119 e. The molecule has 1 aliphatic heterocycles. The van der Waals surface area contributed by atoms with Crippen molar-refractivity contribution < 1.29 is 14.7 Å². The van der Waals surface area contributed by atoms with E-state index in [1.165, 1.54) is 0 Å². The molecule has 0 bridgehead atoms. The van der Waals surface area contributed by atoms with Crippen LogP contribution in [0.25, 0.3) is 0 Å². The molecule has 1 heterocycles. The predicted molar refractivity (Wildman–Crippen MR) is 80.3 cm³/mol. The van der Waals surface area contributed by atoms with Crippen LogP contribution in [0.4, 0.5) is 0 Å². The molecule has 0 aromatic carbocycles. The Labute approximate surface area is 123 Å². The third-order valence-corrected chi connectivity index (χ3v) is 3.70. The minimum Gasteiger partial charge on any atom is -0.395 e. The molecule has 0 aromatic heterocycles. The first kappa shape index (κ1) is 17.9. The molecule has 0 spiro atoms. The summed E-state index contributed by atoms with van der Waals surface area (Å²) in [7, 11) is 0. The Hall–Kier alpha value is -0.200. The predicted octanol–water partition coefficient (Wildman–Crippen LogP) is 1.91. The lowest BCUT2D eigenvalue weighted by Crippen LogP contribution is -2.62. The summed E-state index contributed by atoms with van der Waals surface area (Å²) in [5.41, 5.74) is -0.137. The Kier molecular flexibility index (Phi) is 6.88. The minimum absolute atomic E-state index is 0.0684. The van der Waals surface area contributed by atoms with Crippen molar-refractivity contribution in [3.05, 3.63) is 0 Å². The number of nitrogens with one attached hydrogen (secondary N) is 1. The second-order valence-electron chi connectivity index (χ2n) is 6.82. The Bertz CT molecular complexity index is 264. The molecule has 1 saturated heterocycles. The van der Waals surface area contributed by atoms with Crippen LogP contribution >= 0.6 is 0 Å². The quantitative estimate of drug-likeness (QED) is 0.528. The molecule has 0 radical (unpaired) electrons. The van der Waals surface area contributed by atoms with Gasteiger partial charge in [0.2, 0.25) is 0 Å². The average molecular weight is 288 g/mol. The summed E-state index contributed by atoms with van der Waals surface area (Å²) >= 11 is 0. The van der Waals surface area contributed by atoms with Crippen LogP contribution in [0.2, 0.25) is 0 Å². The number of piperidine rings is 1. The average Bonchev–Trinajstić information content (AvgIpc) is 2.33. The molecule has 0 aromatic rings. The Balaban J connectivity index is 2.60. The maximum atomic E-state index is 8.78. The number of hydrogen-bond donors (Lipinski definition) is 2. The minimum atomic E-state index is -0.0684. The van der Waals surface area contributed by atoms with Crippen molar-refractivity contribution in [1.29, 1.82) is 0 Å². The maximum absolute atomic E-state index is 8.78. The molecule has 0 amide bonds. The number of aliphatic hydroxyl groups excluding tert-OH is 1. The number of aliphatic hydroxyl groups is 1. The van der Waals surface area contributed by atoms with E-state index in [1.54, 1.807) is 0 Å². The molecule has 5 nitrogen and oxygen atoms in total. The van der Waals surface area contributed by atoms with Gasteiger partial charge in [-0.2, -0.15) is 5.06 Å². The Morgan fingerprint density at radius 2 is 1.80 bits per heavy atom. The van der Waals surface area contributed by atoms with E-state index in [1.807, 2.05) is 0 Å². The van der Waals surface area contributed by atoms with Gasteiger partial charge in [-0.1, -0.05) is 6.92 Å². The normalized spacial score (nSPS) is 23.1. The van der Waals surface area contributed by atoms with Crippen molar-refractivity contribution in [2.45, 2.75) is 71.1 Å². The molecule has 0 saturated carbocycles. The van der Waals surface area contributed by atoms with E-state index in [4.69, 9.17) is 14.7 Å². The van der Waals surface area contributed by atoms with Gasteiger partial charge in [-0.05, 0) is 47.0 Å².